The Morgan fingerprint density at radius 1 is 1.75 bits per heavy atom. The standard InChI is InChI=1S/C8H10N2O2/c11-8(12)5-6-4-7-2-1-3-10(7)9-6/h4H,1-3,5H2,(H,11,12). The van der Waals surface area contributed by atoms with Gasteiger partial charge >= 0.3 is 5.97 Å². The summed E-state index contributed by atoms with van der Waals surface area (Å²) < 4.78 is 1.90. The Kier molecular flexibility index (Phi) is 1.60. The van der Waals surface area contributed by atoms with Crippen LogP contribution in [0.1, 0.15) is 17.8 Å². The summed E-state index contributed by atoms with van der Waals surface area (Å²) in [6, 6.07) is 1.89. The maximum atomic E-state index is 10.3. The molecule has 0 bridgehead atoms. The van der Waals surface area contributed by atoms with Crippen molar-refractivity contribution in [2.75, 3.05) is 0 Å². The Balaban J connectivity index is 2.20. The summed E-state index contributed by atoms with van der Waals surface area (Å²) in [4.78, 5) is 10.3. The van der Waals surface area contributed by atoms with Crippen LogP contribution in [0.25, 0.3) is 0 Å². The molecule has 2 rings (SSSR count). The summed E-state index contributed by atoms with van der Waals surface area (Å²) in [6.07, 6.45) is 2.21. The van der Waals surface area contributed by atoms with E-state index in [-0.39, 0.29) is 6.42 Å². The minimum Gasteiger partial charge on any atom is -0.481 e. The van der Waals surface area contributed by atoms with Crippen molar-refractivity contribution >= 4 is 5.97 Å². The Labute approximate surface area is 69.8 Å². The van der Waals surface area contributed by atoms with Crippen LogP contribution in [-0.2, 0) is 24.2 Å². The average Bonchev–Trinajstić information content (AvgIpc) is 2.43. The number of carboxylic acids is 1. The highest BCUT2D eigenvalue weighted by molar-refractivity contribution is 5.69. The number of carboxylic acid groups (broad SMARTS) is 1. The van der Waals surface area contributed by atoms with E-state index in [4.69, 9.17) is 5.11 Å². The topological polar surface area (TPSA) is 55.1 Å². The first kappa shape index (κ1) is 7.34. The van der Waals surface area contributed by atoms with Crippen molar-refractivity contribution in [1.29, 1.82) is 0 Å². The molecule has 12 heavy (non-hydrogen) atoms. The molecular formula is C8H10N2O2. The number of hydrogen-bond acceptors (Lipinski definition) is 2. The number of nitrogens with zero attached hydrogens (tertiary/aromatic N) is 2. The van der Waals surface area contributed by atoms with Crippen LogP contribution in [0.2, 0.25) is 0 Å². The molecule has 0 saturated heterocycles. The third-order valence-electron chi connectivity index (χ3n) is 2.05. The molecular weight excluding hydrogens is 156 g/mol. The molecule has 4 nitrogen and oxygen atoms in total. The molecule has 0 amide bonds. The van der Waals surface area contributed by atoms with Gasteiger partial charge in [-0.25, -0.2) is 0 Å². The van der Waals surface area contributed by atoms with Gasteiger partial charge in [0.05, 0.1) is 12.1 Å². The van der Waals surface area contributed by atoms with Crippen molar-refractivity contribution in [1.82, 2.24) is 9.78 Å². The number of carbonyl (C=O) groups is 1. The van der Waals surface area contributed by atoms with E-state index in [0.717, 1.165) is 19.4 Å². The number of aryl methyl sites for hydroxylation is 2. The fourth-order valence-corrected chi connectivity index (χ4v) is 1.56. The quantitative estimate of drug-likeness (QED) is 0.694. The normalized spacial score (nSPS) is 14.7. The first-order valence-electron chi connectivity index (χ1n) is 4.03. The smallest absolute Gasteiger partial charge is 0.309 e. The van der Waals surface area contributed by atoms with Crippen LogP contribution in [0.4, 0.5) is 0 Å². The van der Waals surface area contributed by atoms with Crippen LogP contribution >= 0.6 is 0 Å². The molecule has 0 saturated carbocycles. The molecule has 64 valence electrons. The molecule has 1 aromatic rings. The van der Waals surface area contributed by atoms with E-state index in [1.165, 1.54) is 5.69 Å². The van der Waals surface area contributed by atoms with E-state index in [1.807, 2.05) is 10.7 Å². The maximum Gasteiger partial charge on any atom is 0.309 e. The molecule has 0 aliphatic carbocycles. The van der Waals surface area contributed by atoms with E-state index in [2.05, 4.69) is 5.10 Å². The van der Waals surface area contributed by atoms with E-state index < -0.39 is 5.97 Å². The van der Waals surface area contributed by atoms with Crippen molar-refractivity contribution in [3.05, 3.63) is 17.5 Å². The fourth-order valence-electron chi connectivity index (χ4n) is 1.56. The van der Waals surface area contributed by atoms with Gasteiger partial charge < -0.3 is 5.11 Å². The Morgan fingerprint density at radius 2 is 2.58 bits per heavy atom. The predicted octanol–water partition coefficient (Wildman–Crippen LogP) is 0.456. The largest absolute Gasteiger partial charge is 0.481 e. The summed E-state index contributed by atoms with van der Waals surface area (Å²) in [7, 11) is 0. The van der Waals surface area contributed by atoms with Gasteiger partial charge in [0.2, 0.25) is 0 Å². The molecule has 0 atom stereocenters. The fraction of sp³-hybridized carbons (Fsp3) is 0.500. The predicted molar refractivity (Wildman–Crippen MR) is 41.9 cm³/mol. The molecule has 0 aromatic carbocycles. The van der Waals surface area contributed by atoms with Crippen molar-refractivity contribution in [3.8, 4) is 0 Å². The van der Waals surface area contributed by atoms with Crippen molar-refractivity contribution in [2.45, 2.75) is 25.8 Å². The number of rotatable bonds is 2. The summed E-state index contributed by atoms with van der Waals surface area (Å²) >= 11 is 0. The van der Waals surface area contributed by atoms with Crippen LogP contribution in [0.15, 0.2) is 6.07 Å². The van der Waals surface area contributed by atoms with E-state index >= 15 is 0 Å². The average molecular weight is 166 g/mol. The van der Waals surface area contributed by atoms with Gasteiger partial charge in [0.25, 0.3) is 0 Å². The zero-order chi connectivity index (χ0) is 8.55. The summed E-state index contributed by atoms with van der Waals surface area (Å²) in [5, 5.41) is 12.7. The van der Waals surface area contributed by atoms with Crippen LogP contribution in [0.3, 0.4) is 0 Å². The molecule has 1 aromatic heterocycles. The van der Waals surface area contributed by atoms with Gasteiger partial charge in [-0.2, -0.15) is 5.10 Å². The van der Waals surface area contributed by atoms with Gasteiger partial charge in [-0.3, -0.25) is 9.48 Å². The maximum absolute atomic E-state index is 10.3. The molecule has 2 heterocycles. The molecule has 1 aliphatic heterocycles. The Morgan fingerprint density at radius 3 is 3.25 bits per heavy atom. The molecule has 0 radical (unpaired) electrons. The molecule has 1 N–H and O–H groups in total. The minimum absolute atomic E-state index is 0.0417. The van der Waals surface area contributed by atoms with Crippen molar-refractivity contribution in [3.63, 3.8) is 0 Å². The molecule has 0 spiro atoms. The number of fused-ring (bicyclic) bond motifs is 1. The third kappa shape index (κ3) is 1.20. The van der Waals surface area contributed by atoms with Crippen LogP contribution in [-0.4, -0.2) is 20.9 Å². The molecule has 0 unspecified atom stereocenters. The van der Waals surface area contributed by atoms with Crippen molar-refractivity contribution < 1.29 is 9.90 Å². The highest BCUT2D eigenvalue weighted by atomic mass is 16.4. The lowest BCUT2D eigenvalue weighted by Crippen LogP contribution is -2.02. The lowest BCUT2D eigenvalue weighted by atomic mass is 10.2. The minimum atomic E-state index is -0.813. The number of hydrogen-bond donors (Lipinski definition) is 1. The monoisotopic (exact) mass is 166 g/mol. The molecule has 4 heteroatoms. The lowest BCUT2D eigenvalue weighted by molar-refractivity contribution is -0.136. The SMILES string of the molecule is O=C(O)Cc1cc2n(n1)CCC2. The molecule has 0 fully saturated rings. The van der Waals surface area contributed by atoms with E-state index in [0.29, 0.717) is 5.69 Å². The van der Waals surface area contributed by atoms with Crippen molar-refractivity contribution in [2.24, 2.45) is 0 Å². The van der Waals surface area contributed by atoms with Crippen LogP contribution < -0.4 is 0 Å². The first-order valence-corrected chi connectivity index (χ1v) is 4.03. The third-order valence-corrected chi connectivity index (χ3v) is 2.05. The van der Waals surface area contributed by atoms with Crippen LogP contribution in [0.5, 0.6) is 0 Å². The zero-order valence-corrected chi connectivity index (χ0v) is 6.66. The van der Waals surface area contributed by atoms with Crippen LogP contribution in [0, 0.1) is 0 Å². The number of aliphatic carboxylic acids is 1. The first-order chi connectivity index (χ1) is 5.75. The second kappa shape index (κ2) is 2.62. The highest BCUT2D eigenvalue weighted by Gasteiger charge is 2.14. The van der Waals surface area contributed by atoms with E-state index in [1.54, 1.807) is 0 Å². The lowest BCUT2D eigenvalue weighted by Gasteiger charge is -1.91. The van der Waals surface area contributed by atoms with Gasteiger partial charge in [0.1, 0.15) is 0 Å². The van der Waals surface area contributed by atoms with Gasteiger partial charge in [-0.05, 0) is 18.9 Å². The second-order valence-corrected chi connectivity index (χ2v) is 3.02. The summed E-state index contributed by atoms with van der Waals surface area (Å²) in [5.74, 6) is -0.813. The van der Waals surface area contributed by atoms with Gasteiger partial charge in [0, 0.05) is 12.2 Å². The highest BCUT2D eigenvalue weighted by Crippen LogP contribution is 2.15. The van der Waals surface area contributed by atoms with Gasteiger partial charge in [-0.15, -0.1) is 0 Å². The van der Waals surface area contributed by atoms with Gasteiger partial charge in [-0.1, -0.05) is 0 Å². The Bertz CT molecular complexity index is 295. The second-order valence-electron chi connectivity index (χ2n) is 3.02. The Hall–Kier alpha value is -1.32. The molecule has 1 aliphatic rings. The number of aromatic nitrogens is 2. The summed E-state index contributed by atoms with van der Waals surface area (Å²) in [6.45, 7) is 0.939. The van der Waals surface area contributed by atoms with E-state index in [9.17, 15) is 4.79 Å². The van der Waals surface area contributed by atoms with Gasteiger partial charge in [0.15, 0.2) is 0 Å². The zero-order valence-electron chi connectivity index (χ0n) is 6.66. The summed E-state index contributed by atoms with van der Waals surface area (Å²) in [5.41, 5.74) is 1.85.